The number of ether oxygens (including phenoxy) is 1. The molecular formula is C19H18N2O3. The van der Waals surface area contributed by atoms with Crippen molar-refractivity contribution < 1.29 is 14.6 Å². The highest BCUT2D eigenvalue weighted by Crippen LogP contribution is 2.41. The molecule has 0 heterocycles. The number of benzene rings is 2. The first-order valence-electron chi connectivity index (χ1n) is 7.82. The van der Waals surface area contributed by atoms with Crippen molar-refractivity contribution in [2.24, 2.45) is 0 Å². The second-order valence-electron chi connectivity index (χ2n) is 5.89. The average Bonchev–Trinajstić information content (AvgIpc) is 3.39. The maximum absolute atomic E-state index is 10.5. The van der Waals surface area contributed by atoms with Crippen molar-refractivity contribution in [3.63, 3.8) is 0 Å². The number of rotatable bonds is 7. The van der Waals surface area contributed by atoms with Crippen molar-refractivity contribution in [2.75, 3.05) is 6.54 Å². The number of hydrogen-bond acceptors (Lipinski definition) is 4. The normalized spacial score (nSPS) is 18.6. The van der Waals surface area contributed by atoms with E-state index in [-0.39, 0.29) is 12.6 Å². The van der Waals surface area contributed by atoms with Crippen molar-refractivity contribution in [3.05, 3.63) is 65.2 Å². The minimum atomic E-state index is -0.827. The van der Waals surface area contributed by atoms with Gasteiger partial charge in [0.2, 0.25) is 0 Å². The highest BCUT2D eigenvalue weighted by molar-refractivity contribution is 5.69. The molecule has 0 aromatic heterocycles. The summed E-state index contributed by atoms with van der Waals surface area (Å²) in [5.41, 5.74) is 2.85. The molecule has 0 unspecified atom stereocenters. The lowest BCUT2D eigenvalue weighted by Crippen LogP contribution is -2.25. The van der Waals surface area contributed by atoms with Crippen LogP contribution in [0.25, 0.3) is 0 Å². The summed E-state index contributed by atoms with van der Waals surface area (Å²) in [5, 5.41) is 20.5. The summed E-state index contributed by atoms with van der Waals surface area (Å²) in [6, 6.07) is 17.6. The topological polar surface area (TPSA) is 82.3 Å². The average molecular weight is 322 g/mol. The molecule has 122 valence electrons. The Kier molecular flexibility index (Phi) is 4.78. The van der Waals surface area contributed by atoms with Crippen LogP contribution in [0.2, 0.25) is 0 Å². The Bertz CT molecular complexity index is 748. The zero-order valence-corrected chi connectivity index (χ0v) is 13.1. The Hall–Kier alpha value is -2.84. The zero-order chi connectivity index (χ0) is 16.9. The summed E-state index contributed by atoms with van der Waals surface area (Å²) in [6.07, 6.45) is 0.971. The second kappa shape index (κ2) is 7.16. The van der Waals surface area contributed by atoms with Crippen molar-refractivity contribution >= 4 is 5.97 Å². The van der Waals surface area contributed by atoms with Gasteiger partial charge in [-0.05, 0) is 41.8 Å². The van der Waals surface area contributed by atoms with Crippen LogP contribution in [-0.4, -0.2) is 23.7 Å². The van der Waals surface area contributed by atoms with Crippen molar-refractivity contribution in [1.29, 1.82) is 5.26 Å². The largest absolute Gasteiger partial charge is 0.489 e. The minimum absolute atomic E-state index is 0.00690. The minimum Gasteiger partial charge on any atom is -0.489 e. The standard InChI is InChI=1S/C19H18N2O3/c20-10-13-1-3-14(4-2-13)12-24-16-7-5-15(6-8-16)17-9-18(17)21-11-19(22)23/h1-8,17-18,21H,9,11-12H2,(H,22,23)/t17-,18+/m0/s1. The van der Waals surface area contributed by atoms with Crippen LogP contribution in [0.1, 0.15) is 29.0 Å². The number of hydrogen-bond donors (Lipinski definition) is 2. The number of aliphatic carboxylic acids is 1. The molecule has 3 rings (SSSR count). The van der Waals surface area contributed by atoms with Crippen LogP contribution in [0, 0.1) is 11.3 Å². The van der Waals surface area contributed by atoms with Gasteiger partial charge >= 0.3 is 5.97 Å². The van der Waals surface area contributed by atoms with E-state index >= 15 is 0 Å². The van der Waals surface area contributed by atoms with Crippen LogP contribution in [0.3, 0.4) is 0 Å². The molecule has 0 saturated heterocycles. The van der Waals surface area contributed by atoms with Gasteiger partial charge in [0.1, 0.15) is 12.4 Å². The molecule has 5 heteroatoms. The molecule has 0 amide bonds. The van der Waals surface area contributed by atoms with Crippen molar-refractivity contribution in [2.45, 2.75) is 25.0 Å². The number of nitrogens with one attached hydrogen (secondary N) is 1. The Balaban J connectivity index is 1.50. The Morgan fingerprint density at radius 1 is 1.21 bits per heavy atom. The van der Waals surface area contributed by atoms with Gasteiger partial charge in [-0.2, -0.15) is 5.26 Å². The van der Waals surface area contributed by atoms with Gasteiger partial charge in [0.15, 0.2) is 0 Å². The van der Waals surface area contributed by atoms with Crippen LogP contribution in [-0.2, 0) is 11.4 Å². The molecule has 1 saturated carbocycles. The number of nitriles is 1. The van der Waals surface area contributed by atoms with Crippen LogP contribution < -0.4 is 10.1 Å². The van der Waals surface area contributed by atoms with E-state index in [2.05, 4.69) is 11.4 Å². The summed E-state index contributed by atoms with van der Waals surface area (Å²) in [6.45, 7) is 0.463. The number of carboxylic acids is 1. The molecule has 2 N–H and O–H groups in total. The van der Waals surface area contributed by atoms with E-state index in [1.165, 1.54) is 5.56 Å². The molecule has 0 radical (unpaired) electrons. The van der Waals surface area contributed by atoms with Gasteiger partial charge in [0.25, 0.3) is 0 Å². The van der Waals surface area contributed by atoms with E-state index in [1.807, 2.05) is 36.4 Å². The fourth-order valence-corrected chi connectivity index (χ4v) is 2.66. The highest BCUT2D eigenvalue weighted by Gasteiger charge is 2.38. The predicted octanol–water partition coefficient (Wildman–Crippen LogP) is 2.67. The summed E-state index contributed by atoms with van der Waals surface area (Å²) in [4.78, 5) is 10.5. The van der Waals surface area contributed by atoms with Crippen LogP contribution in [0.5, 0.6) is 5.75 Å². The van der Waals surface area contributed by atoms with Gasteiger partial charge in [-0.1, -0.05) is 24.3 Å². The number of carboxylic acid groups (broad SMARTS) is 1. The van der Waals surface area contributed by atoms with Gasteiger partial charge in [-0.15, -0.1) is 0 Å². The summed E-state index contributed by atoms with van der Waals surface area (Å²) in [5.74, 6) is 0.350. The molecule has 2 atom stereocenters. The molecule has 2 aromatic rings. The molecule has 1 fully saturated rings. The smallest absolute Gasteiger partial charge is 0.317 e. The second-order valence-corrected chi connectivity index (χ2v) is 5.89. The lowest BCUT2D eigenvalue weighted by molar-refractivity contribution is -0.136. The Morgan fingerprint density at radius 2 is 1.92 bits per heavy atom. The first kappa shape index (κ1) is 16.0. The van der Waals surface area contributed by atoms with Gasteiger partial charge in [-0.3, -0.25) is 4.79 Å². The summed E-state index contributed by atoms with van der Waals surface area (Å²) < 4.78 is 5.75. The van der Waals surface area contributed by atoms with Crippen LogP contribution >= 0.6 is 0 Å². The lowest BCUT2D eigenvalue weighted by Gasteiger charge is -2.08. The monoisotopic (exact) mass is 322 g/mol. The fraction of sp³-hybridized carbons (Fsp3) is 0.263. The molecule has 0 spiro atoms. The number of carbonyl (C=O) groups is 1. The van der Waals surface area contributed by atoms with Crippen LogP contribution in [0.15, 0.2) is 48.5 Å². The van der Waals surface area contributed by atoms with E-state index in [0.29, 0.717) is 18.1 Å². The third-order valence-corrected chi connectivity index (χ3v) is 4.10. The SMILES string of the molecule is N#Cc1ccc(COc2ccc([C@@H]3C[C@H]3NCC(=O)O)cc2)cc1. The van der Waals surface area contributed by atoms with E-state index < -0.39 is 5.97 Å². The van der Waals surface area contributed by atoms with Gasteiger partial charge in [0, 0.05) is 12.0 Å². The first-order valence-corrected chi connectivity index (χ1v) is 7.82. The maximum atomic E-state index is 10.5. The first-order chi connectivity index (χ1) is 11.7. The van der Waals surface area contributed by atoms with E-state index in [0.717, 1.165) is 17.7 Å². The molecular weight excluding hydrogens is 304 g/mol. The molecule has 24 heavy (non-hydrogen) atoms. The summed E-state index contributed by atoms with van der Waals surface area (Å²) in [7, 11) is 0. The van der Waals surface area contributed by atoms with Gasteiger partial charge in [-0.25, -0.2) is 0 Å². The van der Waals surface area contributed by atoms with Gasteiger partial charge in [0.05, 0.1) is 18.2 Å². The molecule has 1 aliphatic carbocycles. The lowest BCUT2D eigenvalue weighted by atomic mass is 10.1. The quantitative estimate of drug-likeness (QED) is 0.819. The molecule has 5 nitrogen and oxygen atoms in total. The third kappa shape index (κ3) is 4.12. The van der Waals surface area contributed by atoms with Crippen molar-refractivity contribution in [3.8, 4) is 11.8 Å². The Labute approximate surface area is 140 Å². The third-order valence-electron chi connectivity index (χ3n) is 4.10. The van der Waals surface area contributed by atoms with E-state index in [1.54, 1.807) is 12.1 Å². The number of nitrogens with zero attached hydrogens (tertiary/aromatic N) is 1. The maximum Gasteiger partial charge on any atom is 0.317 e. The molecule has 1 aliphatic rings. The zero-order valence-electron chi connectivity index (χ0n) is 13.1. The molecule has 0 bridgehead atoms. The van der Waals surface area contributed by atoms with Crippen LogP contribution in [0.4, 0.5) is 0 Å². The van der Waals surface area contributed by atoms with Gasteiger partial charge < -0.3 is 15.2 Å². The molecule has 2 aromatic carbocycles. The predicted molar refractivity (Wildman–Crippen MR) is 88.7 cm³/mol. The highest BCUT2D eigenvalue weighted by atomic mass is 16.5. The summed E-state index contributed by atoms with van der Waals surface area (Å²) >= 11 is 0. The fourth-order valence-electron chi connectivity index (χ4n) is 2.66. The van der Waals surface area contributed by atoms with E-state index in [9.17, 15) is 4.79 Å². The Morgan fingerprint density at radius 3 is 2.54 bits per heavy atom. The molecule has 0 aliphatic heterocycles. The van der Waals surface area contributed by atoms with Crippen molar-refractivity contribution in [1.82, 2.24) is 5.32 Å². The van der Waals surface area contributed by atoms with E-state index in [4.69, 9.17) is 15.1 Å².